The van der Waals surface area contributed by atoms with Gasteiger partial charge in [0.1, 0.15) is 0 Å². The van der Waals surface area contributed by atoms with Crippen LogP contribution < -0.4 is 11.1 Å². The molecule has 0 aliphatic carbocycles. The lowest BCUT2D eigenvalue weighted by Crippen LogP contribution is -2.04. The highest BCUT2D eigenvalue weighted by Gasteiger charge is 2.04. The van der Waals surface area contributed by atoms with Gasteiger partial charge in [-0.2, -0.15) is 0 Å². The Morgan fingerprint density at radius 2 is 2.21 bits per heavy atom. The third-order valence-electron chi connectivity index (χ3n) is 1.96. The van der Waals surface area contributed by atoms with E-state index in [1.165, 1.54) is 23.9 Å². The first kappa shape index (κ1) is 9.02. The molecule has 0 aliphatic rings. The van der Waals surface area contributed by atoms with Crippen LogP contribution in [0.1, 0.15) is 0 Å². The number of aromatic nitrogens is 1. The topological polar surface area (TPSA) is 44.9 Å². The molecular weight excluding hydrogens is 207 g/mol. The number of halogens is 2. The van der Waals surface area contributed by atoms with Crippen molar-refractivity contribution in [1.82, 2.24) is 4.98 Å². The summed E-state index contributed by atoms with van der Waals surface area (Å²) in [6.45, 7) is 0. The van der Waals surface area contributed by atoms with Crippen molar-refractivity contribution >= 4 is 28.1 Å². The number of rotatable bonds is 1. The van der Waals surface area contributed by atoms with Crippen molar-refractivity contribution in [2.75, 3.05) is 5.54 Å². The molecule has 2 rings (SSSR count). The van der Waals surface area contributed by atoms with Gasteiger partial charge in [0.25, 0.3) is 5.56 Å². The molecule has 1 aromatic heterocycles. The van der Waals surface area contributed by atoms with E-state index in [0.29, 0.717) is 10.8 Å². The molecule has 5 heteroatoms. The summed E-state index contributed by atoms with van der Waals surface area (Å²) in [5.74, 6) is 0. The number of benzene rings is 1. The largest absolute Gasteiger partial charge is 0.329 e. The van der Waals surface area contributed by atoms with Crippen molar-refractivity contribution in [3.8, 4) is 0 Å². The van der Waals surface area contributed by atoms with Crippen LogP contribution in [-0.2, 0) is 0 Å². The van der Waals surface area contributed by atoms with E-state index < -0.39 is 0 Å². The van der Waals surface area contributed by atoms with E-state index in [4.69, 9.17) is 11.6 Å². The molecule has 0 saturated heterocycles. The Hall–Kier alpha value is -1.55. The summed E-state index contributed by atoms with van der Waals surface area (Å²) in [4.78, 5) is 13.8. The summed E-state index contributed by atoms with van der Waals surface area (Å²) in [6, 6.07) is 4.58. The average Bonchev–Trinajstić information content (AvgIpc) is 2.19. The summed E-state index contributed by atoms with van der Waals surface area (Å²) in [6.07, 6.45) is 1.50. The minimum Gasteiger partial charge on any atom is -0.329 e. The molecule has 0 saturated carbocycles. The Kier molecular flexibility index (Phi) is 2.13. The highest BCUT2D eigenvalue weighted by Crippen LogP contribution is 2.26. The van der Waals surface area contributed by atoms with E-state index in [0.717, 1.165) is 0 Å². The monoisotopic (exact) mass is 212 g/mol. The first-order chi connectivity index (χ1) is 6.72. The Labute approximate surface area is 83.4 Å². The van der Waals surface area contributed by atoms with E-state index >= 15 is 0 Å². The predicted molar refractivity (Wildman–Crippen MR) is 54.3 cm³/mol. The van der Waals surface area contributed by atoms with E-state index in [1.807, 2.05) is 0 Å². The zero-order valence-electron chi connectivity index (χ0n) is 6.97. The van der Waals surface area contributed by atoms with Gasteiger partial charge in [0, 0.05) is 11.6 Å². The van der Waals surface area contributed by atoms with Crippen molar-refractivity contribution in [3.63, 3.8) is 0 Å². The molecule has 72 valence electrons. The Bertz CT molecular complexity index is 538. The highest BCUT2D eigenvalue weighted by molar-refractivity contribution is 6.34. The van der Waals surface area contributed by atoms with Gasteiger partial charge in [-0.3, -0.25) is 4.79 Å². The Morgan fingerprint density at radius 3 is 2.93 bits per heavy atom. The van der Waals surface area contributed by atoms with Crippen molar-refractivity contribution in [2.45, 2.75) is 0 Å². The summed E-state index contributed by atoms with van der Waals surface area (Å²) in [5.41, 5.74) is 1.38. The molecular formula is C9H6ClFN2O. The molecule has 2 aromatic rings. The predicted octanol–water partition coefficient (Wildman–Crippen LogP) is 2.48. The van der Waals surface area contributed by atoms with E-state index in [1.54, 1.807) is 6.07 Å². The van der Waals surface area contributed by atoms with E-state index in [9.17, 15) is 9.28 Å². The van der Waals surface area contributed by atoms with Crippen molar-refractivity contribution in [1.29, 1.82) is 0 Å². The zero-order valence-corrected chi connectivity index (χ0v) is 7.73. The lowest BCUT2D eigenvalue weighted by atomic mass is 10.1. The van der Waals surface area contributed by atoms with Crippen LogP contribution in [0.25, 0.3) is 10.8 Å². The van der Waals surface area contributed by atoms with Crippen LogP contribution in [0.3, 0.4) is 0 Å². The van der Waals surface area contributed by atoms with Crippen LogP contribution in [0.5, 0.6) is 0 Å². The molecule has 1 heterocycles. The number of aromatic amines is 1. The average molecular weight is 213 g/mol. The van der Waals surface area contributed by atoms with Gasteiger partial charge in [0.15, 0.2) is 0 Å². The van der Waals surface area contributed by atoms with Gasteiger partial charge < -0.3 is 4.98 Å². The van der Waals surface area contributed by atoms with Crippen LogP contribution in [-0.4, -0.2) is 4.98 Å². The van der Waals surface area contributed by atoms with Crippen LogP contribution in [0.15, 0.2) is 29.2 Å². The van der Waals surface area contributed by atoms with Crippen molar-refractivity contribution in [3.05, 3.63) is 39.8 Å². The number of hydrogen-bond donors (Lipinski definition) is 2. The maximum Gasteiger partial charge on any atom is 0.255 e. The van der Waals surface area contributed by atoms with Crippen LogP contribution in [0, 0.1) is 0 Å². The molecule has 0 atom stereocenters. The normalized spacial score (nSPS) is 10.4. The van der Waals surface area contributed by atoms with Gasteiger partial charge in [-0.05, 0) is 23.6 Å². The first-order valence-electron chi connectivity index (χ1n) is 3.90. The second-order valence-corrected chi connectivity index (χ2v) is 3.23. The maximum atomic E-state index is 12.2. The molecule has 0 spiro atoms. The van der Waals surface area contributed by atoms with Gasteiger partial charge in [0.2, 0.25) is 0 Å². The molecule has 0 fully saturated rings. The first-order valence-corrected chi connectivity index (χ1v) is 4.28. The number of anilines is 1. The highest BCUT2D eigenvalue weighted by atomic mass is 35.5. The van der Waals surface area contributed by atoms with Crippen molar-refractivity contribution < 1.29 is 4.48 Å². The Balaban J connectivity index is 2.86. The molecule has 14 heavy (non-hydrogen) atoms. The third-order valence-corrected chi connectivity index (χ3v) is 2.28. The minimum atomic E-state index is -0.241. The number of fused-ring (bicyclic) bond motifs is 1. The summed E-state index contributed by atoms with van der Waals surface area (Å²) in [5, 5.41) is 1.26. The Morgan fingerprint density at radius 1 is 1.43 bits per heavy atom. The van der Waals surface area contributed by atoms with Gasteiger partial charge in [-0.1, -0.05) is 11.6 Å². The summed E-state index contributed by atoms with van der Waals surface area (Å²) < 4.78 is 12.2. The smallest absolute Gasteiger partial charge is 0.255 e. The van der Waals surface area contributed by atoms with E-state index in [2.05, 4.69) is 4.98 Å². The molecule has 0 bridgehead atoms. The minimum absolute atomic E-state index is 0.157. The zero-order chi connectivity index (χ0) is 10.1. The lowest BCUT2D eigenvalue weighted by Gasteiger charge is -2.02. The number of H-pyrrole nitrogens is 1. The third kappa shape index (κ3) is 1.33. The maximum absolute atomic E-state index is 12.2. The fourth-order valence-electron chi connectivity index (χ4n) is 1.28. The molecule has 0 unspecified atom stereocenters. The van der Waals surface area contributed by atoms with Gasteiger partial charge in [0.05, 0.1) is 10.7 Å². The number of pyridine rings is 1. The molecule has 1 aromatic carbocycles. The van der Waals surface area contributed by atoms with Crippen molar-refractivity contribution in [2.24, 2.45) is 0 Å². The SMILES string of the molecule is O=c1[nH]ccc2cc(NF)c(Cl)cc12. The fourth-order valence-corrected chi connectivity index (χ4v) is 1.48. The van der Waals surface area contributed by atoms with Crippen LogP contribution in [0.2, 0.25) is 5.02 Å². The van der Waals surface area contributed by atoms with Gasteiger partial charge in [-0.25, -0.2) is 5.54 Å². The van der Waals surface area contributed by atoms with Crippen LogP contribution >= 0.6 is 11.6 Å². The molecule has 0 radical (unpaired) electrons. The molecule has 3 nitrogen and oxygen atoms in total. The summed E-state index contributed by atoms with van der Waals surface area (Å²) in [7, 11) is 0. The quantitative estimate of drug-likeness (QED) is 0.714. The second kappa shape index (κ2) is 3.31. The van der Waals surface area contributed by atoms with Gasteiger partial charge in [-0.15, -0.1) is 4.48 Å². The number of nitrogens with one attached hydrogen (secondary N) is 2. The summed E-state index contributed by atoms with van der Waals surface area (Å²) >= 11 is 5.72. The fraction of sp³-hybridized carbons (Fsp3) is 0. The molecule has 2 N–H and O–H groups in total. The molecule has 0 amide bonds. The second-order valence-electron chi connectivity index (χ2n) is 2.82. The van der Waals surface area contributed by atoms with Gasteiger partial charge >= 0.3 is 0 Å². The van der Waals surface area contributed by atoms with Crippen LogP contribution in [0.4, 0.5) is 10.2 Å². The standard InChI is InChI=1S/C9H6ClFN2O/c10-7-4-6-5(3-8(7)13-11)1-2-12-9(6)14/h1-4,13H,(H,12,14). The lowest BCUT2D eigenvalue weighted by molar-refractivity contribution is 0.618. The number of hydrogen-bond acceptors (Lipinski definition) is 2. The molecule has 0 aliphatic heterocycles. The van der Waals surface area contributed by atoms with E-state index in [-0.39, 0.29) is 16.3 Å².